The summed E-state index contributed by atoms with van der Waals surface area (Å²) in [7, 11) is -2.26. The van der Waals surface area contributed by atoms with Crippen molar-refractivity contribution in [2.75, 3.05) is 19.3 Å². The van der Waals surface area contributed by atoms with E-state index in [1.807, 2.05) is 13.8 Å². The minimum Gasteiger partial charge on any atom is -0.381 e. The van der Waals surface area contributed by atoms with Crippen LogP contribution in [0.25, 0.3) is 0 Å². The zero-order valence-corrected chi connectivity index (χ0v) is 12.9. The van der Waals surface area contributed by atoms with Crippen LogP contribution < -0.4 is 10.5 Å². The Labute approximate surface area is 119 Å². The van der Waals surface area contributed by atoms with Crippen LogP contribution in [0.1, 0.15) is 20.8 Å². The summed E-state index contributed by atoms with van der Waals surface area (Å²) in [4.78, 5) is 13.2. The van der Waals surface area contributed by atoms with E-state index in [-0.39, 0.29) is 16.6 Å². The topological polar surface area (TPSA) is 110 Å². The standard InChI is InChI=1S/C11H21N5O3S/c1-5-15(4)11(17)8(3)14-20(18,19)9-7-16(6-2)13-10(9)12/h7-8,14H,5-6H2,1-4H3,(H2,12,13). The first-order chi connectivity index (χ1) is 9.22. The number of likely N-dealkylation sites (N-methyl/N-ethyl adjacent to an activating group) is 1. The van der Waals surface area contributed by atoms with Crippen LogP contribution in [0.2, 0.25) is 0 Å². The third kappa shape index (κ3) is 3.48. The van der Waals surface area contributed by atoms with Crippen molar-refractivity contribution >= 4 is 21.7 Å². The molecule has 0 saturated carbocycles. The highest BCUT2D eigenvalue weighted by atomic mass is 32.2. The average Bonchev–Trinajstić information content (AvgIpc) is 2.78. The molecule has 114 valence electrons. The molecule has 0 bridgehead atoms. The van der Waals surface area contributed by atoms with Gasteiger partial charge in [0.2, 0.25) is 15.9 Å². The van der Waals surface area contributed by atoms with Crippen LogP contribution in [0.15, 0.2) is 11.1 Å². The lowest BCUT2D eigenvalue weighted by Crippen LogP contribution is -2.45. The lowest BCUT2D eigenvalue weighted by Gasteiger charge is -2.20. The number of rotatable bonds is 6. The third-order valence-corrected chi connectivity index (χ3v) is 4.48. The Hall–Kier alpha value is -1.61. The molecule has 1 atom stereocenters. The molecular weight excluding hydrogens is 282 g/mol. The molecule has 8 nitrogen and oxygen atoms in total. The van der Waals surface area contributed by atoms with E-state index in [1.165, 1.54) is 22.7 Å². The Kier molecular flexibility index (Phi) is 5.12. The first-order valence-corrected chi connectivity index (χ1v) is 7.81. The van der Waals surface area contributed by atoms with E-state index in [0.717, 1.165) is 0 Å². The second-order valence-corrected chi connectivity index (χ2v) is 6.11. The summed E-state index contributed by atoms with van der Waals surface area (Å²) in [5.41, 5.74) is 5.59. The van der Waals surface area contributed by atoms with Gasteiger partial charge in [0.1, 0.15) is 4.90 Å². The summed E-state index contributed by atoms with van der Waals surface area (Å²) in [5.74, 6) is -0.389. The van der Waals surface area contributed by atoms with Crippen molar-refractivity contribution in [2.45, 2.75) is 38.3 Å². The van der Waals surface area contributed by atoms with Crippen LogP contribution in [0, 0.1) is 0 Å². The van der Waals surface area contributed by atoms with Crippen molar-refractivity contribution < 1.29 is 13.2 Å². The number of carbonyl (C=O) groups excluding carboxylic acids is 1. The van der Waals surface area contributed by atoms with Gasteiger partial charge in [-0.15, -0.1) is 0 Å². The highest BCUT2D eigenvalue weighted by Crippen LogP contribution is 2.16. The zero-order valence-electron chi connectivity index (χ0n) is 12.1. The van der Waals surface area contributed by atoms with E-state index in [0.29, 0.717) is 13.1 Å². The number of hydrogen-bond acceptors (Lipinski definition) is 5. The van der Waals surface area contributed by atoms with E-state index in [9.17, 15) is 13.2 Å². The highest BCUT2D eigenvalue weighted by molar-refractivity contribution is 7.89. The maximum absolute atomic E-state index is 12.2. The normalized spacial score (nSPS) is 13.2. The van der Waals surface area contributed by atoms with Gasteiger partial charge in [-0.05, 0) is 20.8 Å². The van der Waals surface area contributed by atoms with Crippen molar-refractivity contribution in [3.05, 3.63) is 6.20 Å². The Bertz CT molecular complexity index is 581. The number of nitrogens with two attached hydrogens (primary N) is 1. The van der Waals surface area contributed by atoms with Crippen LogP contribution in [-0.2, 0) is 21.4 Å². The number of amides is 1. The first kappa shape index (κ1) is 16.4. The van der Waals surface area contributed by atoms with Crippen molar-refractivity contribution in [1.82, 2.24) is 19.4 Å². The van der Waals surface area contributed by atoms with Crippen LogP contribution in [-0.4, -0.2) is 48.6 Å². The number of nitrogens with zero attached hydrogens (tertiary/aromatic N) is 3. The van der Waals surface area contributed by atoms with Crippen LogP contribution in [0.4, 0.5) is 5.82 Å². The molecule has 0 spiro atoms. The van der Waals surface area contributed by atoms with Gasteiger partial charge in [0.15, 0.2) is 5.82 Å². The van der Waals surface area contributed by atoms with Crippen LogP contribution in [0.5, 0.6) is 0 Å². The molecule has 1 amide bonds. The van der Waals surface area contributed by atoms with E-state index in [2.05, 4.69) is 9.82 Å². The van der Waals surface area contributed by atoms with Crippen molar-refractivity contribution in [1.29, 1.82) is 0 Å². The van der Waals surface area contributed by atoms with Crippen LogP contribution >= 0.6 is 0 Å². The Balaban J connectivity index is 2.95. The number of aromatic nitrogens is 2. The summed E-state index contributed by atoms with van der Waals surface area (Å²) in [6, 6.07) is -0.866. The summed E-state index contributed by atoms with van der Waals surface area (Å²) in [6.45, 7) is 6.13. The molecule has 0 saturated heterocycles. The molecule has 9 heteroatoms. The fourth-order valence-corrected chi connectivity index (χ4v) is 2.89. The van der Waals surface area contributed by atoms with Gasteiger partial charge in [-0.2, -0.15) is 9.82 Å². The summed E-state index contributed by atoms with van der Waals surface area (Å²) >= 11 is 0. The molecular formula is C11H21N5O3S. The molecule has 1 unspecified atom stereocenters. The smallest absolute Gasteiger partial charge is 0.246 e. The molecule has 0 aliphatic heterocycles. The number of anilines is 1. The van der Waals surface area contributed by atoms with Gasteiger partial charge in [-0.25, -0.2) is 8.42 Å². The zero-order chi connectivity index (χ0) is 15.5. The van der Waals surface area contributed by atoms with Crippen molar-refractivity contribution in [3.8, 4) is 0 Å². The first-order valence-electron chi connectivity index (χ1n) is 6.33. The van der Waals surface area contributed by atoms with E-state index in [1.54, 1.807) is 7.05 Å². The number of nitrogens with one attached hydrogen (secondary N) is 1. The highest BCUT2D eigenvalue weighted by Gasteiger charge is 2.27. The molecule has 20 heavy (non-hydrogen) atoms. The second-order valence-electron chi connectivity index (χ2n) is 4.43. The maximum Gasteiger partial charge on any atom is 0.246 e. The third-order valence-electron chi connectivity index (χ3n) is 2.92. The molecule has 0 aliphatic carbocycles. The van der Waals surface area contributed by atoms with Crippen molar-refractivity contribution in [3.63, 3.8) is 0 Å². The largest absolute Gasteiger partial charge is 0.381 e. The van der Waals surface area contributed by atoms with E-state index < -0.39 is 16.1 Å². The van der Waals surface area contributed by atoms with Gasteiger partial charge < -0.3 is 10.6 Å². The van der Waals surface area contributed by atoms with Crippen LogP contribution in [0.3, 0.4) is 0 Å². The monoisotopic (exact) mass is 303 g/mol. The van der Waals surface area contributed by atoms with Gasteiger partial charge in [-0.1, -0.05) is 0 Å². The van der Waals surface area contributed by atoms with E-state index >= 15 is 0 Å². The van der Waals surface area contributed by atoms with Crippen molar-refractivity contribution in [2.24, 2.45) is 0 Å². The lowest BCUT2D eigenvalue weighted by atomic mass is 10.3. The van der Waals surface area contributed by atoms with Gasteiger partial charge in [0.05, 0.1) is 6.04 Å². The summed E-state index contributed by atoms with van der Waals surface area (Å²) in [5, 5.41) is 3.88. The minimum atomic E-state index is -3.87. The Morgan fingerprint density at radius 2 is 2.15 bits per heavy atom. The number of aryl methyl sites for hydroxylation is 1. The maximum atomic E-state index is 12.2. The molecule has 1 rings (SSSR count). The minimum absolute atomic E-state index is 0.0807. The molecule has 3 N–H and O–H groups in total. The molecule has 0 aromatic carbocycles. The van der Waals surface area contributed by atoms with Gasteiger partial charge in [0.25, 0.3) is 0 Å². The molecule has 0 fully saturated rings. The summed E-state index contributed by atoms with van der Waals surface area (Å²) < 4.78 is 28.1. The molecule has 0 aliphatic rings. The summed E-state index contributed by atoms with van der Waals surface area (Å²) in [6.07, 6.45) is 1.35. The van der Waals surface area contributed by atoms with Gasteiger partial charge in [0, 0.05) is 26.3 Å². The number of nitrogen functional groups attached to an aromatic ring is 1. The SMILES string of the molecule is CCN(C)C(=O)C(C)NS(=O)(=O)c1cn(CC)nc1N. The Morgan fingerprint density at radius 1 is 1.55 bits per heavy atom. The quantitative estimate of drug-likeness (QED) is 0.745. The number of carbonyl (C=O) groups is 1. The number of hydrogen-bond donors (Lipinski definition) is 2. The second kappa shape index (κ2) is 6.23. The molecule has 1 heterocycles. The fraction of sp³-hybridized carbons (Fsp3) is 0.636. The Morgan fingerprint density at radius 3 is 2.60 bits per heavy atom. The number of sulfonamides is 1. The molecule has 0 radical (unpaired) electrons. The average molecular weight is 303 g/mol. The fourth-order valence-electron chi connectivity index (χ4n) is 1.62. The predicted octanol–water partition coefficient (Wildman–Crippen LogP) is -0.370. The molecule has 1 aromatic heterocycles. The van der Waals surface area contributed by atoms with Gasteiger partial charge >= 0.3 is 0 Å². The van der Waals surface area contributed by atoms with Gasteiger partial charge in [-0.3, -0.25) is 9.48 Å². The predicted molar refractivity (Wildman–Crippen MR) is 75.4 cm³/mol. The molecule has 1 aromatic rings. The lowest BCUT2D eigenvalue weighted by molar-refractivity contribution is -0.131. The van der Waals surface area contributed by atoms with E-state index in [4.69, 9.17) is 5.73 Å².